The quantitative estimate of drug-likeness (QED) is 0.726. The van der Waals surface area contributed by atoms with E-state index >= 15 is 0 Å². The Labute approximate surface area is 153 Å². The number of nitrogens with zero attached hydrogens (tertiary/aromatic N) is 2. The summed E-state index contributed by atoms with van der Waals surface area (Å²) in [5.74, 6) is -0.829. The first-order valence-corrected chi connectivity index (χ1v) is 9.24. The van der Waals surface area contributed by atoms with Crippen molar-refractivity contribution in [1.82, 2.24) is 9.97 Å². The number of rotatable bonds is 4. The highest BCUT2D eigenvalue weighted by molar-refractivity contribution is 7.22. The highest BCUT2D eigenvalue weighted by atomic mass is 32.1. The first kappa shape index (κ1) is 17.1. The molecule has 134 valence electrons. The zero-order chi connectivity index (χ0) is 18.4. The molecule has 0 radical (unpaired) electrons. The summed E-state index contributed by atoms with van der Waals surface area (Å²) in [5.41, 5.74) is 4.42. The molecule has 1 aromatic carbocycles. The summed E-state index contributed by atoms with van der Waals surface area (Å²) >= 11 is 1.37. The Kier molecular flexibility index (Phi) is 4.20. The number of pyridine rings is 1. The maximum atomic E-state index is 13.0. The third kappa shape index (κ3) is 3.20. The van der Waals surface area contributed by atoms with Crippen molar-refractivity contribution in [2.24, 2.45) is 5.92 Å². The zero-order valence-electron chi connectivity index (χ0n) is 14.4. The molecular formula is C19H18FN3O2S. The van der Waals surface area contributed by atoms with Crippen LogP contribution in [0.15, 0.2) is 30.5 Å². The average Bonchev–Trinajstić information content (AvgIpc) is 3.20. The third-order valence-corrected chi connectivity index (χ3v) is 5.47. The molecule has 1 fully saturated rings. The fraction of sp³-hybridized carbons (Fsp3) is 0.316. The van der Waals surface area contributed by atoms with Crippen LogP contribution in [0.2, 0.25) is 0 Å². The Hall–Kier alpha value is -2.38. The van der Waals surface area contributed by atoms with Crippen LogP contribution in [0.1, 0.15) is 30.7 Å². The van der Waals surface area contributed by atoms with Gasteiger partial charge in [0.25, 0.3) is 0 Å². The summed E-state index contributed by atoms with van der Waals surface area (Å²) in [6.07, 6.45) is 0.441. The van der Waals surface area contributed by atoms with Crippen molar-refractivity contribution in [3.8, 4) is 11.1 Å². The molecule has 1 aliphatic carbocycles. The molecule has 2 heterocycles. The normalized spacial score (nSPS) is 20.2. The van der Waals surface area contributed by atoms with Crippen LogP contribution in [-0.2, 0) is 4.79 Å². The summed E-state index contributed by atoms with van der Waals surface area (Å²) in [4.78, 5) is 20.6. The number of nitrogens with one attached hydrogen (secondary N) is 1. The van der Waals surface area contributed by atoms with Gasteiger partial charge in [0.05, 0.1) is 27.9 Å². The zero-order valence-corrected chi connectivity index (χ0v) is 15.2. The van der Waals surface area contributed by atoms with E-state index in [2.05, 4.69) is 15.3 Å². The minimum absolute atomic E-state index is 0.300. The lowest BCUT2D eigenvalue weighted by Crippen LogP contribution is -2.14. The molecule has 0 bridgehead atoms. The molecule has 0 aliphatic heterocycles. The van der Waals surface area contributed by atoms with Crippen LogP contribution in [0.3, 0.4) is 0 Å². The number of aliphatic hydroxyl groups is 1. The molecule has 3 unspecified atom stereocenters. The van der Waals surface area contributed by atoms with E-state index in [0.717, 1.165) is 26.9 Å². The average molecular weight is 371 g/mol. The molecule has 26 heavy (non-hydrogen) atoms. The van der Waals surface area contributed by atoms with Crippen molar-refractivity contribution in [3.05, 3.63) is 41.7 Å². The van der Waals surface area contributed by atoms with E-state index in [9.17, 15) is 14.3 Å². The van der Waals surface area contributed by atoms with Crippen LogP contribution in [0.5, 0.6) is 0 Å². The molecule has 1 aliphatic rings. The van der Waals surface area contributed by atoms with Gasteiger partial charge >= 0.3 is 0 Å². The van der Waals surface area contributed by atoms with Crippen LogP contribution >= 0.6 is 11.3 Å². The summed E-state index contributed by atoms with van der Waals surface area (Å²) < 4.78 is 13.9. The van der Waals surface area contributed by atoms with Crippen molar-refractivity contribution in [2.45, 2.75) is 32.5 Å². The van der Waals surface area contributed by atoms with Gasteiger partial charge in [0.15, 0.2) is 5.13 Å². The number of aliphatic hydroxyl groups excluding tert-OH is 1. The fourth-order valence-electron chi connectivity index (χ4n) is 2.89. The lowest BCUT2D eigenvalue weighted by Gasteiger charge is -2.09. The SMILES string of the molecule is Cc1cc(C(C)O)ncc1-c1ccc2nc(NC(=O)C3CC3F)sc2c1. The Balaban J connectivity index is 1.62. The Morgan fingerprint density at radius 1 is 1.42 bits per heavy atom. The van der Waals surface area contributed by atoms with Crippen molar-refractivity contribution < 1.29 is 14.3 Å². The van der Waals surface area contributed by atoms with E-state index in [1.54, 1.807) is 13.1 Å². The van der Waals surface area contributed by atoms with Gasteiger partial charge in [0.1, 0.15) is 6.17 Å². The van der Waals surface area contributed by atoms with Gasteiger partial charge in [-0.25, -0.2) is 9.37 Å². The van der Waals surface area contributed by atoms with Crippen molar-refractivity contribution >= 4 is 32.6 Å². The van der Waals surface area contributed by atoms with E-state index in [1.165, 1.54) is 11.3 Å². The molecule has 0 spiro atoms. The van der Waals surface area contributed by atoms with Crippen molar-refractivity contribution in [1.29, 1.82) is 0 Å². The minimum Gasteiger partial charge on any atom is -0.387 e. The van der Waals surface area contributed by atoms with Crippen LogP contribution < -0.4 is 5.32 Å². The Bertz CT molecular complexity index is 1000. The predicted molar refractivity (Wildman–Crippen MR) is 99.9 cm³/mol. The first-order chi connectivity index (χ1) is 12.4. The van der Waals surface area contributed by atoms with E-state index < -0.39 is 18.2 Å². The topological polar surface area (TPSA) is 75.1 Å². The number of alkyl halides is 1. The highest BCUT2D eigenvalue weighted by Crippen LogP contribution is 2.36. The molecule has 1 saturated carbocycles. The molecule has 4 rings (SSSR count). The van der Waals surface area contributed by atoms with Crippen LogP contribution in [-0.4, -0.2) is 27.2 Å². The molecule has 7 heteroatoms. The number of aryl methyl sites for hydroxylation is 1. The number of aromatic nitrogens is 2. The number of carbonyl (C=O) groups is 1. The fourth-order valence-corrected chi connectivity index (χ4v) is 3.80. The number of benzene rings is 1. The van der Waals surface area contributed by atoms with Gasteiger partial charge in [-0.15, -0.1) is 0 Å². The molecule has 3 aromatic rings. The summed E-state index contributed by atoms with van der Waals surface area (Å²) in [7, 11) is 0. The van der Waals surface area contributed by atoms with Gasteiger partial charge in [-0.2, -0.15) is 0 Å². The standard InChI is InChI=1S/C19H18FN3O2S/c1-9-5-16(10(2)24)21-8-13(9)11-3-4-15-17(6-11)26-19(22-15)23-18(25)12-7-14(12)20/h3-6,8,10,12,14,24H,7H2,1-2H3,(H,22,23,25). The molecule has 5 nitrogen and oxygen atoms in total. The monoisotopic (exact) mass is 371 g/mol. The third-order valence-electron chi connectivity index (χ3n) is 4.54. The van der Waals surface area contributed by atoms with Gasteiger partial charge in [0.2, 0.25) is 5.91 Å². The van der Waals surface area contributed by atoms with E-state index in [1.807, 2.05) is 31.2 Å². The number of thiazole rings is 1. The van der Waals surface area contributed by atoms with Crippen LogP contribution in [0.25, 0.3) is 21.3 Å². The summed E-state index contributed by atoms with van der Waals surface area (Å²) in [6.45, 7) is 3.67. The first-order valence-electron chi connectivity index (χ1n) is 8.43. The van der Waals surface area contributed by atoms with Crippen molar-refractivity contribution in [2.75, 3.05) is 5.32 Å². The molecule has 0 saturated heterocycles. The lowest BCUT2D eigenvalue weighted by atomic mass is 10.0. The highest BCUT2D eigenvalue weighted by Gasteiger charge is 2.43. The van der Waals surface area contributed by atoms with Gasteiger partial charge in [-0.05, 0) is 49.6 Å². The number of anilines is 1. The maximum Gasteiger partial charge on any atom is 0.232 e. The lowest BCUT2D eigenvalue weighted by molar-refractivity contribution is -0.117. The van der Waals surface area contributed by atoms with E-state index in [4.69, 9.17) is 0 Å². The minimum atomic E-state index is -1.02. The summed E-state index contributed by atoms with van der Waals surface area (Å²) in [5, 5.41) is 12.8. The Morgan fingerprint density at radius 2 is 2.19 bits per heavy atom. The van der Waals surface area contributed by atoms with Gasteiger partial charge in [0, 0.05) is 11.8 Å². The molecule has 3 atom stereocenters. The number of fused-ring (bicyclic) bond motifs is 1. The second-order valence-electron chi connectivity index (χ2n) is 6.65. The van der Waals surface area contributed by atoms with Gasteiger partial charge in [-0.1, -0.05) is 17.4 Å². The number of hydrogen-bond donors (Lipinski definition) is 2. The number of carbonyl (C=O) groups excluding carboxylic acids is 1. The molecule has 1 amide bonds. The second kappa shape index (κ2) is 6.41. The molecule has 2 aromatic heterocycles. The van der Waals surface area contributed by atoms with Gasteiger partial charge in [-0.3, -0.25) is 9.78 Å². The largest absolute Gasteiger partial charge is 0.387 e. The van der Waals surface area contributed by atoms with Crippen LogP contribution in [0.4, 0.5) is 9.52 Å². The Morgan fingerprint density at radius 3 is 2.85 bits per heavy atom. The van der Waals surface area contributed by atoms with Crippen LogP contribution in [0, 0.1) is 12.8 Å². The predicted octanol–water partition coefficient (Wildman–Crippen LogP) is 4.02. The molecule has 2 N–H and O–H groups in total. The summed E-state index contributed by atoms with van der Waals surface area (Å²) in [6, 6.07) is 7.74. The van der Waals surface area contributed by atoms with E-state index in [-0.39, 0.29) is 5.91 Å². The maximum absolute atomic E-state index is 13.0. The molecular weight excluding hydrogens is 353 g/mol. The number of amides is 1. The van der Waals surface area contributed by atoms with Crippen molar-refractivity contribution in [3.63, 3.8) is 0 Å². The van der Waals surface area contributed by atoms with Gasteiger partial charge < -0.3 is 10.4 Å². The number of halogens is 1. The smallest absolute Gasteiger partial charge is 0.232 e. The van der Waals surface area contributed by atoms with E-state index in [0.29, 0.717) is 17.2 Å². The number of hydrogen-bond acceptors (Lipinski definition) is 5. The second-order valence-corrected chi connectivity index (χ2v) is 7.68.